The van der Waals surface area contributed by atoms with Crippen LogP contribution in [0.4, 0.5) is 8.78 Å². The Labute approximate surface area is 183 Å². The zero-order valence-electron chi connectivity index (χ0n) is 18.0. The molecule has 2 saturated carbocycles. The van der Waals surface area contributed by atoms with E-state index in [1.165, 1.54) is 0 Å². The molecule has 0 aromatic carbocycles. The van der Waals surface area contributed by atoms with E-state index < -0.39 is 17.7 Å². The standard InChI is InChI=1S/C21H36ClF2N5O/c1-12(2)11-25-21(27-20(30)14-5-8-16(22)17(24)9-14)26-19-10-18(28-29-19)13-3-6-15(23)7-4-13/h12-19,28-29H,3-11H2,1-2H3,(H2,25,26,27,30). The summed E-state index contributed by atoms with van der Waals surface area (Å²) in [5.74, 6) is 0.622. The predicted molar refractivity (Wildman–Crippen MR) is 116 cm³/mol. The molecular formula is C21H36ClF2N5O. The highest BCUT2D eigenvalue weighted by molar-refractivity contribution is 6.21. The summed E-state index contributed by atoms with van der Waals surface area (Å²) in [4.78, 5) is 17.2. The molecule has 6 nitrogen and oxygen atoms in total. The van der Waals surface area contributed by atoms with Gasteiger partial charge in [-0.05, 0) is 63.2 Å². The Balaban J connectivity index is 1.54. The van der Waals surface area contributed by atoms with Gasteiger partial charge in [0.05, 0.1) is 11.5 Å². The van der Waals surface area contributed by atoms with Gasteiger partial charge in [0.25, 0.3) is 0 Å². The van der Waals surface area contributed by atoms with E-state index in [-0.39, 0.29) is 30.5 Å². The van der Waals surface area contributed by atoms with Gasteiger partial charge < -0.3 is 5.32 Å². The number of amides is 1. The van der Waals surface area contributed by atoms with E-state index in [1.54, 1.807) is 0 Å². The van der Waals surface area contributed by atoms with Crippen LogP contribution in [0.15, 0.2) is 4.99 Å². The van der Waals surface area contributed by atoms with Crippen LogP contribution in [-0.2, 0) is 4.79 Å². The smallest absolute Gasteiger partial charge is 0.229 e. The number of hydrogen-bond donors (Lipinski definition) is 4. The van der Waals surface area contributed by atoms with E-state index in [9.17, 15) is 13.6 Å². The van der Waals surface area contributed by atoms with Gasteiger partial charge in [0.1, 0.15) is 12.3 Å². The fourth-order valence-electron chi connectivity index (χ4n) is 4.56. The maximum absolute atomic E-state index is 14.0. The number of nitrogens with one attached hydrogen (secondary N) is 4. The van der Waals surface area contributed by atoms with E-state index in [0.29, 0.717) is 50.0 Å². The number of carbonyl (C=O) groups is 1. The molecule has 30 heavy (non-hydrogen) atoms. The number of hydrogen-bond acceptors (Lipinski definition) is 4. The summed E-state index contributed by atoms with van der Waals surface area (Å²) in [6.07, 6.45) is 3.23. The summed E-state index contributed by atoms with van der Waals surface area (Å²) in [5.41, 5.74) is 6.56. The molecule has 1 heterocycles. The largest absolute Gasteiger partial charge is 0.339 e. The van der Waals surface area contributed by atoms with Crippen LogP contribution in [0.5, 0.6) is 0 Å². The molecular weight excluding hydrogens is 412 g/mol. The Hall–Kier alpha value is -0.990. The quantitative estimate of drug-likeness (QED) is 0.296. The average molecular weight is 448 g/mol. The number of aliphatic imine (C=N–C) groups is 1. The minimum absolute atomic E-state index is 0.0863. The van der Waals surface area contributed by atoms with Gasteiger partial charge in [0.15, 0.2) is 5.96 Å². The van der Waals surface area contributed by atoms with Crippen LogP contribution in [-0.4, -0.2) is 48.3 Å². The molecule has 5 atom stereocenters. The van der Waals surface area contributed by atoms with Crippen LogP contribution in [0.1, 0.15) is 65.2 Å². The molecule has 2 aliphatic carbocycles. The second-order valence-electron chi connectivity index (χ2n) is 9.45. The second kappa shape index (κ2) is 11.0. The monoisotopic (exact) mass is 447 g/mol. The topological polar surface area (TPSA) is 77.5 Å². The van der Waals surface area contributed by atoms with Crippen molar-refractivity contribution in [1.82, 2.24) is 21.5 Å². The lowest BCUT2D eigenvalue weighted by Crippen LogP contribution is -2.52. The number of hydrazine groups is 1. The molecule has 4 N–H and O–H groups in total. The van der Waals surface area contributed by atoms with Crippen molar-refractivity contribution in [3.05, 3.63) is 0 Å². The zero-order valence-corrected chi connectivity index (χ0v) is 18.7. The Morgan fingerprint density at radius 1 is 1.10 bits per heavy atom. The highest BCUT2D eigenvalue weighted by Crippen LogP contribution is 2.31. The van der Waals surface area contributed by atoms with Gasteiger partial charge in [0, 0.05) is 18.5 Å². The summed E-state index contributed by atoms with van der Waals surface area (Å²) in [5, 5.41) is 5.67. The van der Waals surface area contributed by atoms with Crippen molar-refractivity contribution >= 4 is 23.5 Å². The van der Waals surface area contributed by atoms with Gasteiger partial charge in [-0.15, -0.1) is 11.6 Å². The molecule has 9 heteroatoms. The van der Waals surface area contributed by atoms with Crippen LogP contribution in [0.25, 0.3) is 0 Å². The first-order valence-electron chi connectivity index (χ1n) is 11.4. The lowest BCUT2D eigenvalue weighted by Gasteiger charge is -2.29. The van der Waals surface area contributed by atoms with Gasteiger partial charge in [0.2, 0.25) is 5.91 Å². The fourth-order valence-corrected chi connectivity index (χ4v) is 4.79. The normalized spacial score (nSPS) is 37.9. The van der Waals surface area contributed by atoms with Crippen molar-refractivity contribution in [1.29, 1.82) is 0 Å². The number of carbonyl (C=O) groups excluding carboxylic acids is 1. The highest BCUT2D eigenvalue weighted by atomic mass is 35.5. The molecule has 0 aromatic heterocycles. The first-order chi connectivity index (χ1) is 14.3. The summed E-state index contributed by atoms with van der Waals surface area (Å²) < 4.78 is 27.4. The number of alkyl halides is 3. The number of halogens is 3. The predicted octanol–water partition coefficient (Wildman–Crippen LogP) is 3.17. The van der Waals surface area contributed by atoms with E-state index in [4.69, 9.17) is 11.6 Å². The van der Waals surface area contributed by atoms with Crippen molar-refractivity contribution in [3.63, 3.8) is 0 Å². The van der Waals surface area contributed by atoms with E-state index in [0.717, 1.165) is 19.3 Å². The van der Waals surface area contributed by atoms with Crippen molar-refractivity contribution in [2.24, 2.45) is 22.7 Å². The molecule has 3 fully saturated rings. The lowest BCUT2D eigenvalue weighted by molar-refractivity contribution is -0.125. The van der Waals surface area contributed by atoms with Gasteiger partial charge in [-0.2, -0.15) is 0 Å². The molecule has 1 amide bonds. The van der Waals surface area contributed by atoms with Crippen LogP contribution in [0.2, 0.25) is 0 Å². The van der Waals surface area contributed by atoms with Crippen LogP contribution >= 0.6 is 11.6 Å². The molecule has 5 unspecified atom stereocenters. The van der Waals surface area contributed by atoms with E-state index in [2.05, 4.69) is 40.3 Å². The third-order valence-electron chi connectivity index (χ3n) is 6.43. The Morgan fingerprint density at radius 2 is 1.83 bits per heavy atom. The fraction of sp³-hybridized carbons (Fsp3) is 0.905. The van der Waals surface area contributed by atoms with Crippen LogP contribution in [0, 0.1) is 17.8 Å². The molecule has 172 valence electrons. The lowest BCUT2D eigenvalue weighted by atomic mass is 9.82. The summed E-state index contributed by atoms with van der Waals surface area (Å²) >= 11 is 5.95. The Bertz CT molecular complexity index is 600. The van der Waals surface area contributed by atoms with Crippen molar-refractivity contribution in [3.8, 4) is 0 Å². The first kappa shape index (κ1) is 23.7. The molecule has 3 aliphatic rings. The van der Waals surface area contributed by atoms with Gasteiger partial charge in [-0.3, -0.25) is 20.5 Å². The molecule has 0 aromatic rings. The zero-order chi connectivity index (χ0) is 21.7. The average Bonchev–Trinajstić information content (AvgIpc) is 3.17. The highest BCUT2D eigenvalue weighted by Gasteiger charge is 2.35. The SMILES string of the molecule is CC(C)CN=C(NC(=O)C1CCC(Cl)C(F)C1)NC1CC(C2CCC(F)CC2)NN1. The molecule has 0 radical (unpaired) electrons. The summed E-state index contributed by atoms with van der Waals surface area (Å²) in [6, 6.07) is 0.267. The van der Waals surface area contributed by atoms with Gasteiger partial charge in [-0.1, -0.05) is 13.8 Å². The molecule has 1 saturated heterocycles. The molecule has 1 aliphatic heterocycles. The van der Waals surface area contributed by atoms with E-state index in [1.807, 2.05) is 0 Å². The van der Waals surface area contributed by atoms with Crippen LogP contribution in [0.3, 0.4) is 0 Å². The molecule has 3 rings (SSSR count). The van der Waals surface area contributed by atoms with Crippen molar-refractivity contribution < 1.29 is 13.6 Å². The minimum atomic E-state index is -1.15. The van der Waals surface area contributed by atoms with E-state index >= 15 is 0 Å². The van der Waals surface area contributed by atoms with Gasteiger partial charge in [-0.25, -0.2) is 14.2 Å². The second-order valence-corrected chi connectivity index (χ2v) is 10.0. The first-order valence-corrected chi connectivity index (χ1v) is 11.8. The molecule has 0 spiro atoms. The Morgan fingerprint density at radius 3 is 2.50 bits per heavy atom. The molecule has 0 bridgehead atoms. The summed E-state index contributed by atoms with van der Waals surface area (Å²) in [7, 11) is 0. The van der Waals surface area contributed by atoms with Crippen molar-refractivity contribution in [2.75, 3.05) is 6.54 Å². The van der Waals surface area contributed by atoms with Crippen molar-refractivity contribution in [2.45, 2.75) is 95.1 Å². The maximum Gasteiger partial charge on any atom is 0.229 e. The number of rotatable bonds is 5. The third kappa shape index (κ3) is 6.76. The summed E-state index contributed by atoms with van der Waals surface area (Å²) in [6.45, 7) is 4.70. The maximum atomic E-state index is 14.0. The number of nitrogens with zero attached hydrogens (tertiary/aromatic N) is 1. The number of guanidine groups is 1. The minimum Gasteiger partial charge on any atom is -0.339 e. The van der Waals surface area contributed by atoms with Crippen LogP contribution < -0.4 is 21.5 Å². The third-order valence-corrected chi connectivity index (χ3v) is 6.93. The Kier molecular flexibility index (Phi) is 8.72. The van der Waals surface area contributed by atoms with Gasteiger partial charge >= 0.3 is 0 Å².